The fourth-order valence-corrected chi connectivity index (χ4v) is 4.13. The van der Waals surface area contributed by atoms with Gasteiger partial charge in [-0.05, 0) is 23.3 Å². The van der Waals surface area contributed by atoms with Crippen molar-refractivity contribution in [2.75, 3.05) is 7.11 Å². The molecule has 1 saturated carbocycles. The Labute approximate surface area is 158 Å². The topological polar surface area (TPSA) is 139 Å². The first-order valence-corrected chi connectivity index (χ1v) is 9.40. The van der Waals surface area contributed by atoms with Crippen molar-refractivity contribution in [3.8, 4) is 5.75 Å². The first kappa shape index (κ1) is 19.0. The molecule has 144 valence electrons. The van der Waals surface area contributed by atoms with Gasteiger partial charge in [-0.2, -0.15) is 0 Å². The second-order valence-corrected chi connectivity index (χ2v) is 7.10. The maximum absolute atomic E-state index is 11.3. The van der Waals surface area contributed by atoms with E-state index in [1.165, 1.54) is 31.4 Å². The lowest BCUT2D eigenvalue weighted by Crippen LogP contribution is -2.15. The molecule has 0 radical (unpaired) electrons. The zero-order chi connectivity index (χ0) is 19.4. The monoisotopic (exact) mass is 394 g/mol. The fourth-order valence-electron chi connectivity index (χ4n) is 3.22. The van der Waals surface area contributed by atoms with Crippen molar-refractivity contribution in [1.82, 2.24) is 20.2 Å². The molecule has 1 aromatic carbocycles. The van der Waals surface area contributed by atoms with Crippen LogP contribution in [0.5, 0.6) is 5.75 Å². The second-order valence-electron chi connectivity index (χ2n) is 6.16. The van der Waals surface area contributed by atoms with Gasteiger partial charge in [0, 0.05) is 17.4 Å². The molecule has 12 heteroatoms. The number of rotatable bonds is 7. The zero-order valence-electron chi connectivity index (χ0n) is 14.6. The lowest BCUT2D eigenvalue weighted by atomic mass is 9.96. The van der Waals surface area contributed by atoms with E-state index in [4.69, 9.17) is 4.74 Å². The molecule has 1 aliphatic carbocycles. The van der Waals surface area contributed by atoms with Crippen LogP contribution in [0.15, 0.2) is 17.3 Å². The molecule has 1 aromatic heterocycles. The van der Waals surface area contributed by atoms with Crippen molar-refractivity contribution in [1.29, 1.82) is 0 Å². The summed E-state index contributed by atoms with van der Waals surface area (Å²) in [5, 5.41) is 34.8. The second kappa shape index (κ2) is 8.29. The minimum atomic E-state index is -0.688. The highest BCUT2D eigenvalue weighted by Gasteiger charge is 2.26. The van der Waals surface area contributed by atoms with Gasteiger partial charge in [0.1, 0.15) is 0 Å². The van der Waals surface area contributed by atoms with E-state index in [0.717, 1.165) is 31.7 Å². The smallest absolute Gasteiger partial charge is 0.318 e. The van der Waals surface area contributed by atoms with E-state index in [2.05, 4.69) is 15.5 Å². The van der Waals surface area contributed by atoms with E-state index in [1.807, 2.05) is 0 Å². The van der Waals surface area contributed by atoms with Gasteiger partial charge >= 0.3 is 5.69 Å². The van der Waals surface area contributed by atoms with Crippen LogP contribution < -0.4 is 4.74 Å². The van der Waals surface area contributed by atoms with Crippen molar-refractivity contribution < 1.29 is 14.6 Å². The van der Waals surface area contributed by atoms with E-state index in [9.17, 15) is 20.2 Å². The predicted octanol–water partition coefficient (Wildman–Crippen LogP) is 3.30. The van der Waals surface area contributed by atoms with E-state index < -0.39 is 15.5 Å². The molecule has 0 N–H and O–H groups in total. The number of tetrazole rings is 1. The third kappa shape index (κ3) is 4.15. The zero-order valence-corrected chi connectivity index (χ0v) is 15.4. The minimum Gasteiger partial charge on any atom is -0.490 e. The third-order valence-corrected chi connectivity index (χ3v) is 5.46. The van der Waals surface area contributed by atoms with Crippen LogP contribution in [0.1, 0.15) is 43.7 Å². The van der Waals surface area contributed by atoms with E-state index in [1.54, 1.807) is 4.68 Å². The molecule has 27 heavy (non-hydrogen) atoms. The maximum atomic E-state index is 11.3. The van der Waals surface area contributed by atoms with Gasteiger partial charge in [0.2, 0.25) is 10.9 Å². The number of hydrogen-bond donors (Lipinski definition) is 0. The van der Waals surface area contributed by atoms with Gasteiger partial charge in [-0.1, -0.05) is 31.0 Å². The number of nitrogens with zero attached hydrogens (tertiary/aromatic N) is 6. The number of methoxy groups -OCH3 is 1. The molecule has 0 atom stereocenters. The van der Waals surface area contributed by atoms with Gasteiger partial charge in [0.05, 0.1) is 29.1 Å². The average Bonchev–Trinajstić information content (AvgIpc) is 3.14. The molecule has 0 saturated heterocycles. The van der Waals surface area contributed by atoms with Gasteiger partial charge in [0.15, 0.2) is 0 Å². The Hall–Kier alpha value is -2.76. The van der Waals surface area contributed by atoms with Crippen LogP contribution in [0.4, 0.5) is 11.4 Å². The Morgan fingerprint density at radius 3 is 2.59 bits per heavy atom. The summed E-state index contributed by atoms with van der Waals surface area (Å²) in [5.74, 6) is 0.216. The molecule has 3 rings (SSSR count). The standard InChI is InChI=1S/C15H18N6O5S/c1-26-14-10(7-12(20(22)23)8-13(14)21(24)25)9-27-15-16-17-18-19(15)11-5-3-2-4-6-11/h7-8,11H,2-6,9H2,1H3. The molecule has 0 bridgehead atoms. The lowest BCUT2D eigenvalue weighted by Gasteiger charge is -2.22. The number of aromatic nitrogens is 4. The predicted molar refractivity (Wildman–Crippen MR) is 95.8 cm³/mol. The van der Waals surface area contributed by atoms with Gasteiger partial charge in [0.25, 0.3) is 5.69 Å². The van der Waals surface area contributed by atoms with Gasteiger partial charge in [-0.25, -0.2) is 4.68 Å². The number of benzene rings is 1. The number of ether oxygens (including phenoxy) is 1. The largest absolute Gasteiger partial charge is 0.490 e. The number of hydrogen-bond acceptors (Lipinski definition) is 9. The molecule has 0 unspecified atom stereocenters. The summed E-state index contributed by atoms with van der Waals surface area (Å²) in [6.45, 7) is 0. The van der Waals surface area contributed by atoms with E-state index in [0.29, 0.717) is 10.7 Å². The summed E-state index contributed by atoms with van der Waals surface area (Å²) in [6.07, 6.45) is 5.46. The molecule has 1 fully saturated rings. The fraction of sp³-hybridized carbons (Fsp3) is 0.533. The quantitative estimate of drug-likeness (QED) is 0.393. The highest BCUT2D eigenvalue weighted by Crippen LogP contribution is 2.38. The SMILES string of the molecule is COc1c(CSc2nnnn2C2CCCCC2)cc([N+](=O)[O-])cc1[N+](=O)[O-]. The minimum absolute atomic E-state index is 0.00907. The van der Waals surface area contributed by atoms with Crippen LogP contribution in [-0.4, -0.2) is 37.2 Å². The molecule has 0 aliphatic heterocycles. The summed E-state index contributed by atoms with van der Waals surface area (Å²) >= 11 is 1.27. The van der Waals surface area contributed by atoms with Crippen LogP contribution in [0.2, 0.25) is 0 Å². The van der Waals surface area contributed by atoms with Crippen LogP contribution >= 0.6 is 11.8 Å². The van der Waals surface area contributed by atoms with Gasteiger partial charge in [-0.15, -0.1) is 5.10 Å². The summed E-state index contributed by atoms with van der Waals surface area (Å²) in [6, 6.07) is 2.42. The Balaban J connectivity index is 1.87. The Morgan fingerprint density at radius 2 is 1.96 bits per heavy atom. The van der Waals surface area contributed by atoms with Crippen molar-refractivity contribution >= 4 is 23.1 Å². The van der Waals surface area contributed by atoms with Crippen LogP contribution in [0.25, 0.3) is 0 Å². The molecule has 0 amide bonds. The Kier molecular flexibility index (Phi) is 5.84. The summed E-state index contributed by atoms with van der Waals surface area (Å²) < 4.78 is 6.93. The van der Waals surface area contributed by atoms with Crippen LogP contribution in [0, 0.1) is 20.2 Å². The molecule has 11 nitrogen and oxygen atoms in total. The lowest BCUT2D eigenvalue weighted by molar-refractivity contribution is -0.394. The highest BCUT2D eigenvalue weighted by molar-refractivity contribution is 7.98. The van der Waals surface area contributed by atoms with E-state index >= 15 is 0 Å². The first-order chi connectivity index (χ1) is 13.0. The van der Waals surface area contributed by atoms with Crippen molar-refractivity contribution in [3.05, 3.63) is 37.9 Å². The molecule has 2 aromatic rings. The number of nitro groups is 2. The average molecular weight is 394 g/mol. The van der Waals surface area contributed by atoms with Gasteiger partial charge in [-0.3, -0.25) is 20.2 Å². The summed E-state index contributed by atoms with van der Waals surface area (Å²) in [5.41, 5.74) is -0.444. The van der Waals surface area contributed by atoms with Crippen molar-refractivity contribution in [2.45, 2.75) is 49.1 Å². The van der Waals surface area contributed by atoms with E-state index in [-0.39, 0.29) is 23.2 Å². The maximum Gasteiger partial charge on any atom is 0.318 e. The molecule has 1 heterocycles. The van der Waals surface area contributed by atoms with Crippen molar-refractivity contribution in [2.24, 2.45) is 0 Å². The first-order valence-electron chi connectivity index (χ1n) is 8.41. The van der Waals surface area contributed by atoms with Crippen molar-refractivity contribution in [3.63, 3.8) is 0 Å². The Bertz CT molecular complexity index is 851. The van der Waals surface area contributed by atoms with Crippen LogP contribution in [0.3, 0.4) is 0 Å². The summed E-state index contributed by atoms with van der Waals surface area (Å²) in [7, 11) is 1.30. The number of thioether (sulfide) groups is 1. The summed E-state index contributed by atoms with van der Waals surface area (Å²) in [4.78, 5) is 21.0. The normalized spacial score (nSPS) is 14.9. The number of non-ortho nitro benzene ring substituents is 1. The molecule has 1 aliphatic rings. The van der Waals surface area contributed by atoms with Crippen LogP contribution in [-0.2, 0) is 5.75 Å². The highest BCUT2D eigenvalue weighted by atomic mass is 32.2. The third-order valence-electron chi connectivity index (χ3n) is 4.48. The Morgan fingerprint density at radius 1 is 1.22 bits per heavy atom. The molecular formula is C15H18N6O5S. The number of nitro benzene ring substituents is 2. The van der Waals surface area contributed by atoms with Gasteiger partial charge < -0.3 is 4.74 Å². The molecular weight excluding hydrogens is 376 g/mol. The molecule has 0 spiro atoms.